The molecule has 0 unspecified atom stereocenters. The topological polar surface area (TPSA) is 53.1 Å². The van der Waals surface area contributed by atoms with E-state index in [2.05, 4.69) is 37.6 Å². The highest BCUT2D eigenvalue weighted by Gasteiger charge is 2.18. The van der Waals surface area contributed by atoms with Gasteiger partial charge in [-0.2, -0.15) is 0 Å². The molecule has 0 atom stereocenters. The van der Waals surface area contributed by atoms with E-state index in [1.54, 1.807) is 0 Å². The molecule has 3 aromatic rings. The third kappa shape index (κ3) is 2.17. The molecular weight excluding hydrogens is 330 g/mol. The van der Waals surface area contributed by atoms with Crippen LogP contribution >= 0.6 is 15.9 Å². The number of nitrogen functional groups attached to an aromatic ring is 1. The normalized spacial score (nSPS) is 13.4. The van der Waals surface area contributed by atoms with Gasteiger partial charge in [0.1, 0.15) is 5.75 Å². The maximum atomic E-state index is 5.80. The number of nitrogens with zero attached hydrogens (tertiary/aromatic N) is 2. The number of aromatic nitrogens is 2. The highest BCUT2D eigenvalue weighted by Crippen LogP contribution is 2.34. The number of nitrogens with two attached hydrogens (primary N) is 1. The predicted molar refractivity (Wildman–Crippen MR) is 86.6 cm³/mol. The van der Waals surface area contributed by atoms with Crippen molar-refractivity contribution < 1.29 is 4.74 Å². The summed E-state index contributed by atoms with van der Waals surface area (Å²) in [6, 6.07) is 10.1. The Morgan fingerprint density at radius 2 is 2.19 bits per heavy atom. The average Bonchev–Trinajstić information content (AvgIpc) is 3.05. The fourth-order valence-corrected chi connectivity index (χ4v) is 3.41. The van der Waals surface area contributed by atoms with Crippen LogP contribution in [0, 0.1) is 0 Å². The third-order valence-corrected chi connectivity index (χ3v) is 4.27. The van der Waals surface area contributed by atoms with E-state index in [-0.39, 0.29) is 0 Å². The molecule has 106 valence electrons. The van der Waals surface area contributed by atoms with Gasteiger partial charge in [0.2, 0.25) is 0 Å². The molecule has 4 rings (SSSR count). The van der Waals surface area contributed by atoms with Crippen LogP contribution in [0.2, 0.25) is 0 Å². The van der Waals surface area contributed by atoms with Gasteiger partial charge in [0, 0.05) is 22.1 Å². The maximum Gasteiger partial charge on any atom is 0.127 e. The quantitative estimate of drug-likeness (QED) is 0.726. The Labute approximate surface area is 130 Å². The van der Waals surface area contributed by atoms with Gasteiger partial charge in [0.05, 0.1) is 30.5 Å². The summed E-state index contributed by atoms with van der Waals surface area (Å²) in [5, 5.41) is 0. The molecule has 21 heavy (non-hydrogen) atoms. The zero-order chi connectivity index (χ0) is 14.4. The lowest BCUT2D eigenvalue weighted by Gasteiger charge is -2.10. The van der Waals surface area contributed by atoms with E-state index in [1.807, 2.05) is 24.5 Å². The lowest BCUT2D eigenvalue weighted by atomic mass is 10.1. The van der Waals surface area contributed by atoms with Gasteiger partial charge in [-0.1, -0.05) is 15.9 Å². The molecule has 0 radical (unpaired) electrons. The Hall–Kier alpha value is -2.01. The first-order chi connectivity index (χ1) is 10.2. The fourth-order valence-electron chi connectivity index (χ4n) is 2.85. The molecule has 0 saturated heterocycles. The molecule has 2 N–H and O–H groups in total. The molecule has 0 aliphatic carbocycles. The highest BCUT2D eigenvalue weighted by atomic mass is 79.9. The summed E-state index contributed by atoms with van der Waals surface area (Å²) in [6.45, 7) is 1.50. The van der Waals surface area contributed by atoms with Crippen molar-refractivity contribution in [2.45, 2.75) is 13.0 Å². The van der Waals surface area contributed by atoms with Gasteiger partial charge in [0.15, 0.2) is 0 Å². The van der Waals surface area contributed by atoms with E-state index in [4.69, 9.17) is 10.5 Å². The molecule has 1 aliphatic heterocycles. The summed E-state index contributed by atoms with van der Waals surface area (Å²) in [7, 11) is 0. The predicted octanol–water partition coefficient (Wildman–Crippen LogP) is 3.36. The molecule has 0 spiro atoms. The minimum absolute atomic E-state index is 0.736. The van der Waals surface area contributed by atoms with E-state index < -0.39 is 0 Å². The van der Waals surface area contributed by atoms with Gasteiger partial charge in [-0.15, -0.1) is 0 Å². The summed E-state index contributed by atoms with van der Waals surface area (Å²) in [5.41, 5.74) is 11.0. The first kappa shape index (κ1) is 12.7. The molecule has 4 nitrogen and oxygen atoms in total. The fraction of sp³-hybridized carbons (Fsp3) is 0.188. The number of anilines is 1. The van der Waals surface area contributed by atoms with Gasteiger partial charge in [-0.3, -0.25) is 0 Å². The lowest BCUT2D eigenvalue weighted by Crippen LogP contribution is -2.00. The zero-order valence-corrected chi connectivity index (χ0v) is 12.9. The van der Waals surface area contributed by atoms with Crippen molar-refractivity contribution >= 4 is 32.7 Å². The van der Waals surface area contributed by atoms with Crippen molar-refractivity contribution in [3.63, 3.8) is 0 Å². The van der Waals surface area contributed by atoms with Crippen LogP contribution in [0.25, 0.3) is 11.0 Å². The minimum Gasteiger partial charge on any atom is -0.493 e. The third-order valence-electron chi connectivity index (χ3n) is 3.81. The number of imidazole rings is 1. The van der Waals surface area contributed by atoms with Gasteiger partial charge >= 0.3 is 0 Å². The molecule has 0 amide bonds. The highest BCUT2D eigenvalue weighted by molar-refractivity contribution is 9.10. The summed E-state index contributed by atoms with van der Waals surface area (Å²) >= 11 is 3.58. The van der Waals surface area contributed by atoms with E-state index >= 15 is 0 Å². The molecule has 0 fully saturated rings. The van der Waals surface area contributed by atoms with Gasteiger partial charge < -0.3 is 15.0 Å². The molecule has 2 heterocycles. The summed E-state index contributed by atoms with van der Waals surface area (Å²) in [6.07, 6.45) is 2.83. The molecule has 0 bridgehead atoms. The smallest absolute Gasteiger partial charge is 0.127 e. The van der Waals surface area contributed by atoms with Crippen molar-refractivity contribution in [3.05, 3.63) is 52.3 Å². The van der Waals surface area contributed by atoms with Crippen molar-refractivity contribution in [3.8, 4) is 5.75 Å². The van der Waals surface area contributed by atoms with Gasteiger partial charge in [-0.05, 0) is 35.9 Å². The molecular formula is C16H14BrN3O. The second kappa shape index (κ2) is 4.77. The van der Waals surface area contributed by atoms with Crippen LogP contribution in [0.15, 0.2) is 41.1 Å². The monoisotopic (exact) mass is 343 g/mol. The number of ether oxygens (including phenoxy) is 1. The molecule has 0 saturated carbocycles. The van der Waals surface area contributed by atoms with Gasteiger partial charge in [-0.25, -0.2) is 4.98 Å². The van der Waals surface area contributed by atoms with Crippen molar-refractivity contribution in [2.24, 2.45) is 0 Å². The van der Waals surface area contributed by atoms with Crippen molar-refractivity contribution in [1.29, 1.82) is 0 Å². The Kier molecular flexibility index (Phi) is 2.89. The van der Waals surface area contributed by atoms with Crippen molar-refractivity contribution in [1.82, 2.24) is 9.55 Å². The molecule has 5 heteroatoms. The molecule has 1 aliphatic rings. The number of hydrogen-bond acceptors (Lipinski definition) is 3. The Morgan fingerprint density at radius 1 is 1.29 bits per heavy atom. The SMILES string of the molecule is Nc1ccc2c(c1)ncn2Cc1cc(Br)cc2c1OCC2. The van der Waals surface area contributed by atoms with Crippen LogP contribution in [-0.2, 0) is 13.0 Å². The number of rotatable bonds is 2. The average molecular weight is 344 g/mol. The lowest BCUT2D eigenvalue weighted by molar-refractivity contribution is 0.353. The standard InChI is InChI=1S/C16H14BrN3O/c17-12-5-10-3-4-21-16(10)11(6-12)8-20-9-19-14-7-13(18)1-2-15(14)20/h1-2,5-7,9H,3-4,8,18H2. The van der Waals surface area contributed by atoms with Crippen molar-refractivity contribution in [2.75, 3.05) is 12.3 Å². The number of fused-ring (bicyclic) bond motifs is 2. The Morgan fingerprint density at radius 3 is 3.10 bits per heavy atom. The number of hydrogen-bond donors (Lipinski definition) is 1. The summed E-state index contributed by atoms with van der Waals surface area (Å²) < 4.78 is 9.01. The van der Waals surface area contributed by atoms with Crippen LogP contribution in [-0.4, -0.2) is 16.2 Å². The van der Waals surface area contributed by atoms with Gasteiger partial charge in [0.25, 0.3) is 0 Å². The zero-order valence-electron chi connectivity index (χ0n) is 11.3. The first-order valence-corrected chi connectivity index (χ1v) is 7.64. The summed E-state index contributed by atoms with van der Waals surface area (Å²) in [4.78, 5) is 4.42. The Bertz CT molecular complexity index is 841. The van der Waals surface area contributed by atoms with E-state index in [0.717, 1.165) is 46.5 Å². The van der Waals surface area contributed by atoms with E-state index in [9.17, 15) is 0 Å². The molecule has 2 aromatic carbocycles. The molecule has 1 aromatic heterocycles. The van der Waals surface area contributed by atoms with Crippen LogP contribution in [0.4, 0.5) is 5.69 Å². The number of halogens is 1. The van der Waals surface area contributed by atoms with E-state index in [0.29, 0.717) is 0 Å². The maximum absolute atomic E-state index is 5.80. The second-order valence-electron chi connectivity index (χ2n) is 5.27. The second-order valence-corrected chi connectivity index (χ2v) is 6.19. The largest absolute Gasteiger partial charge is 0.493 e. The van der Waals surface area contributed by atoms with Crippen LogP contribution in [0.1, 0.15) is 11.1 Å². The van der Waals surface area contributed by atoms with E-state index in [1.165, 1.54) is 11.1 Å². The first-order valence-electron chi connectivity index (χ1n) is 6.85. The number of benzene rings is 2. The summed E-state index contributed by atoms with van der Waals surface area (Å²) in [5.74, 6) is 1.02. The Balaban J connectivity index is 1.79. The minimum atomic E-state index is 0.736. The van der Waals surface area contributed by atoms with Crippen LogP contribution in [0.3, 0.4) is 0 Å². The van der Waals surface area contributed by atoms with Crippen LogP contribution in [0.5, 0.6) is 5.75 Å². The van der Waals surface area contributed by atoms with Crippen LogP contribution < -0.4 is 10.5 Å².